The van der Waals surface area contributed by atoms with Gasteiger partial charge in [-0.2, -0.15) is 0 Å². The third-order valence-corrected chi connectivity index (χ3v) is 3.75. The van der Waals surface area contributed by atoms with Crippen LogP contribution in [0.25, 0.3) is 10.9 Å². The van der Waals surface area contributed by atoms with E-state index in [9.17, 15) is 10.1 Å². The Balaban J connectivity index is 2.46. The summed E-state index contributed by atoms with van der Waals surface area (Å²) in [5, 5.41) is 15.5. The molecule has 2 rings (SSSR count). The molecule has 0 radical (unpaired) electrons. The molecular weight excluding hydrogens is 266 g/mol. The van der Waals surface area contributed by atoms with Crippen molar-refractivity contribution in [3.05, 3.63) is 46.1 Å². The minimum atomic E-state index is -0.372. The van der Waals surface area contributed by atoms with Gasteiger partial charge in [0.2, 0.25) is 0 Å². The van der Waals surface area contributed by atoms with Gasteiger partial charge in [-0.25, -0.2) is 4.98 Å². The number of hydrogen-bond donors (Lipinski definition) is 1. The molecule has 0 saturated carbocycles. The molecule has 1 N–H and O–H groups in total. The summed E-state index contributed by atoms with van der Waals surface area (Å²) in [6.45, 7) is 7.36. The van der Waals surface area contributed by atoms with Crippen molar-refractivity contribution in [1.29, 1.82) is 0 Å². The lowest BCUT2D eigenvalue weighted by Crippen LogP contribution is -2.35. The van der Waals surface area contributed by atoms with E-state index in [2.05, 4.69) is 31.1 Å². The molecule has 0 bridgehead atoms. The maximum atomic E-state index is 11.1. The highest BCUT2D eigenvalue weighted by Gasteiger charge is 2.18. The Hall–Kier alpha value is -2.01. The van der Waals surface area contributed by atoms with Gasteiger partial charge in [0.15, 0.2) is 0 Å². The van der Waals surface area contributed by atoms with E-state index in [1.54, 1.807) is 12.3 Å². The number of pyridine rings is 1. The lowest BCUT2D eigenvalue weighted by Gasteiger charge is -2.22. The van der Waals surface area contributed by atoms with E-state index in [0.29, 0.717) is 17.5 Å². The van der Waals surface area contributed by atoms with E-state index in [1.165, 1.54) is 0 Å². The van der Waals surface area contributed by atoms with Gasteiger partial charge in [-0.05, 0) is 30.5 Å². The standard InChI is InChI=1S/C16H21N3O2/c1-4-17-14(11(2)3)10-12-7-8-15(19(20)21)16-13(12)6-5-9-18-16/h5-9,11,14,17H,4,10H2,1-3H3. The zero-order valence-corrected chi connectivity index (χ0v) is 12.7. The zero-order valence-electron chi connectivity index (χ0n) is 12.7. The van der Waals surface area contributed by atoms with Crippen molar-refractivity contribution in [2.24, 2.45) is 5.92 Å². The fourth-order valence-corrected chi connectivity index (χ4v) is 2.58. The van der Waals surface area contributed by atoms with Crippen LogP contribution in [0.3, 0.4) is 0 Å². The Labute approximate surface area is 124 Å². The van der Waals surface area contributed by atoms with Gasteiger partial charge in [0.05, 0.1) is 4.92 Å². The van der Waals surface area contributed by atoms with Crippen LogP contribution < -0.4 is 5.32 Å². The predicted octanol–water partition coefficient (Wildman–Crippen LogP) is 3.32. The minimum absolute atomic E-state index is 0.0684. The van der Waals surface area contributed by atoms with Crippen molar-refractivity contribution >= 4 is 16.6 Å². The van der Waals surface area contributed by atoms with Crippen molar-refractivity contribution in [2.75, 3.05) is 6.54 Å². The lowest BCUT2D eigenvalue weighted by molar-refractivity contribution is -0.383. The van der Waals surface area contributed by atoms with Crippen molar-refractivity contribution in [1.82, 2.24) is 10.3 Å². The van der Waals surface area contributed by atoms with Gasteiger partial charge in [0, 0.05) is 23.7 Å². The summed E-state index contributed by atoms with van der Waals surface area (Å²) in [5.74, 6) is 0.492. The number of nitrogens with one attached hydrogen (secondary N) is 1. The van der Waals surface area contributed by atoms with Crippen molar-refractivity contribution < 1.29 is 4.92 Å². The van der Waals surface area contributed by atoms with Crippen molar-refractivity contribution in [3.63, 3.8) is 0 Å². The summed E-state index contributed by atoms with van der Waals surface area (Å²) in [6.07, 6.45) is 2.44. The molecule has 5 heteroatoms. The lowest BCUT2D eigenvalue weighted by atomic mass is 9.94. The smallest absolute Gasteiger partial charge is 0.295 e. The number of nitro benzene ring substituents is 1. The monoisotopic (exact) mass is 287 g/mol. The highest BCUT2D eigenvalue weighted by Crippen LogP contribution is 2.27. The predicted molar refractivity (Wildman–Crippen MR) is 84.4 cm³/mol. The zero-order chi connectivity index (χ0) is 15.4. The van der Waals surface area contributed by atoms with E-state index in [0.717, 1.165) is 23.9 Å². The largest absolute Gasteiger partial charge is 0.314 e. The molecular formula is C16H21N3O2. The third kappa shape index (κ3) is 3.36. The summed E-state index contributed by atoms with van der Waals surface area (Å²) < 4.78 is 0. The van der Waals surface area contributed by atoms with Gasteiger partial charge in [-0.3, -0.25) is 10.1 Å². The van der Waals surface area contributed by atoms with E-state index in [4.69, 9.17) is 0 Å². The molecule has 1 heterocycles. The summed E-state index contributed by atoms with van der Waals surface area (Å²) in [7, 11) is 0. The van der Waals surface area contributed by atoms with E-state index in [-0.39, 0.29) is 10.6 Å². The molecule has 0 spiro atoms. The van der Waals surface area contributed by atoms with Crippen LogP contribution in [-0.4, -0.2) is 22.5 Å². The number of aromatic nitrogens is 1. The summed E-state index contributed by atoms with van der Waals surface area (Å²) in [6, 6.07) is 7.50. The second kappa shape index (κ2) is 6.63. The van der Waals surface area contributed by atoms with Crippen LogP contribution in [0.4, 0.5) is 5.69 Å². The molecule has 21 heavy (non-hydrogen) atoms. The third-order valence-electron chi connectivity index (χ3n) is 3.75. The fraction of sp³-hybridized carbons (Fsp3) is 0.438. The number of hydrogen-bond acceptors (Lipinski definition) is 4. The average molecular weight is 287 g/mol. The van der Waals surface area contributed by atoms with Crippen LogP contribution in [-0.2, 0) is 6.42 Å². The number of likely N-dealkylation sites (N-methyl/N-ethyl adjacent to an activating group) is 1. The van der Waals surface area contributed by atoms with Crippen LogP contribution in [0.2, 0.25) is 0 Å². The van der Waals surface area contributed by atoms with Gasteiger partial charge in [-0.15, -0.1) is 0 Å². The molecule has 0 saturated heterocycles. The Bertz CT molecular complexity index is 640. The molecule has 1 aromatic carbocycles. The molecule has 112 valence electrons. The molecule has 1 unspecified atom stereocenters. The molecule has 0 aliphatic heterocycles. The Morgan fingerprint density at radius 3 is 2.71 bits per heavy atom. The average Bonchev–Trinajstić information content (AvgIpc) is 2.46. The second-order valence-electron chi connectivity index (χ2n) is 5.51. The van der Waals surface area contributed by atoms with Crippen LogP contribution in [0, 0.1) is 16.0 Å². The van der Waals surface area contributed by atoms with Crippen LogP contribution in [0.15, 0.2) is 30.5 Å². The van der Waals surface area contributed by atoms with E-state index >= 15 is 0 Å². The first-order valence-electron chi connectivity index (χ1n) is 7.29. The first kappa shape index (κ1) is 15.4. The number of nitro groups is 1. The van der Waals surface area contributed by atoms with E-state index in [1.807, 2.05) is 18.2 Å². The van der Waals surface area contributed by atoms with Crippen molar-refractivity contribution in [3.8, 4) is 0 Å². The molecule has 0 aliphatic carbocycles. The van der Waals surface area contributed by atoms with Gasteiger partial charge < -0.3 is 5.32 Å². The number of nitrogens with zero attached hydrogens (tertiary/aromatic N) is 2. The summed E-state index contributed by atoms with van der Waals surface area (Å²) >= 11 is 0. The highest BCUT2D eigenvalue weighted by molar-refractivity contribution is 5.89. The fourth-order valence-electron chi connectivity index (χ4n) is 2.58. The Kier molecular flexibility index (Phi) is 4.85. The Morgan fingerprint density at radius 2 is 2.10 bits per heavy atom. The SMILES string of the molecule is CCNC(Cc1ccc([N+](=O)[O-])c2ncccc12)C(C)C. The van der Waals surface area contributed by atoms with Crippen LogP contribution in [0.1, 0.15) is 26.3 Å². The van der Waals surface area contributed by atoms with E-state index < -0.39 is 0 Å². The molecule has 1 aromatic heterocycles. The van der Waals surface area contributed by atoms with Gasteiger partial charge in [0.1, 0.15) is 5.52 Å². The Morgan fingerprint density at radius 1 is 1.33 bits per heavy atom. The van der Waals surface area contributed by atoms with Gasteiger partial charge in [-0.1, -0.05) is 32.9 Å². The molecule has 5 nitrogen and oxygen atoms in total. The summed E-state index contributed by atoms with van der Waals surface area (Å²) in [4.78, 5) is 14.9. The molecule has 0 aliphatic rings. The molecule has 1 atom stereocenters. The quantitative estimate of drug-likeness (QED) is 0.653. The summed E-state index contributed by atoms with van der Waals surface area (Å²) in [5.41, 5.74) is 1.64. The number of rotatable bonds is 6. The number of non-ortho nitro benzene ring substituents is 1. The van der Waals surface area contributed by atoms with Crippen molar-refractivity contribution in [2.45, 2.75) is 33.2 Å². The normalized spacial score (nSPS) is 12.8. The van der Waals surface area contributed by atoms with Gasteiger partial charge in [0.25, 0.3) is 5.69 Å². The first-order chi connectivity index (χ1) is 10.0. The second-order valence-corrected chi connectivity index (χ2v) is 5.51. The molecule has 0 amide bonds. The highest BCUT2D eigenvalue weighted by atomic mass is 16.6. The topological polar surface area (TPSA) is 68.1 Å². The first-order valence-corrected chi connectivity index (χ1v) is 7.29. The van der Waals surface area contributed by atoms with Gasteiger partial charge >= 0.3 is 0 Å². The minimum Gasteiger partial charge on any atom is -0.314 e. The maximum absolute atomic E-state index is 11.1. The maximum Gasteiger partial charge on any atom is 0.295 e. The molecule has 0 fully saturated rings. The van der Waals surface area contributed by atoms with Crippen LogP contribution >= 0.6 is 0 Å². The number of fused-ring (bicyclic) bond motifs is 1. The molecule has 2 aromatic rings. The number of benzene rings is 1. The van der Waals surface area contributed by atoms with Crippen LogP contribution in [0.5, 0.6) is 0 Å².